The number of rotatable bonds is 2. The van der Waals surface area contributed by atoms with Gasteiger partial charge >= 0.3 is 0 Å². The summed E-state index contributed by atoms with van der Waals surface area (Å²) in [6, 6.07) is 5.64. The van der Waals surface area contributed by atoms with Crippen LogP contribution in [-0.2, 0) is 0 Å². The molecule has 0 saturated carbocycles. The molecular weight excluding hydrogens is 274 g/mol. The van der Waals surface area contributed by atoms with Crippen molar-refractivity contribution in [2.24, 2.45) is 0 Å². The molecule has 0 unspecified atom stereocenters. The first kappa shape index (κ1) is 13.4. The number of hydrogen-bond donors (Lipinski definition) is 3. The Hall–Kier alpha value is -2.54. The van der Waals surface area contributed by atoms with Crippen LogP contribution < -0.4 is 16.0 Å². The standard InChI is InChI=1S/C14H15N3O4/c18-9-4-6-17(13(20)7-9)11-1-2-12(15-14(11)21)16-5-3-10(19)8-16/h1-2,4,6-7,10,18-19H,3,5,8H2,(H,15,21)/t10-/m1/s1. The monoisotopic (exact) mass is 289 g/mol. The molecule has 0 spiro atoms. The average molecular weight is 289 g/mol. The van der Waals surface area contributed by atoms with E-state index in [9.17, 15) is 19.8 Å². The molecule has 2 aromatic heterocycles. The molecular formula is C14H15N3O4. The molecule has 1 aliphatic heterocycles. The van der Waals surface area contributed by atoms with Crippen LogP contribution in [0.5, 0.6) is 5.75 Å². The average Bonchev–Trinajstić information content (AvgIpc) is 2.86. The van der Waals surface area contributed by atoms with Crippen molar-refractivity contribution < 1.29 is 10.2 Å². The molecule has 1 fully saturated rings. The zero-order valence-corrected chi connectivity index (χ0v) is 11.2. The van der Waals surface area contributed by atoms with Gasteiger partial charge in [0.05, 0.1) is 6.10 Å². The highest BCUT2D eigenvalue weighted by Crippen LogP contribution is 2.17. The third-order valence-corrected chi connectivity index (χ3v) is 3.54. The van der Waals surface area contributed by atoms with Crippen LogP contribution in [0.3, 0.4) is 0 Å². The predicted octanol–water partition coefficient (Wildman–Crippen LogP) is -0.198. The van der Waals surface area contributed by atoms with E-state index in [1.807, 2.05) is 4.90 Å². The van der Waals surface area contributed by atoms with Crippen LogP contribution in [0, 0.1) is 0 Å². The predicted molar refractivity (Wildman–Crippen MR) is 77.2 cm³/mol. The number of aromatic hydroxyl groups is 1. The van der Waals surface area contributed by atoms with Gasteiger partial charge in [-0.3, -0.25) is 14.2 Å². The molecule has 21 heavy (non-hydrogen) atoms. The molecule has 0 radical (unpaired) electrons. The number of aromatic amines is 1. The summed E-state index contributed by atoms with van der Waals surface area (Å²) in [6.07, 6.45) is 1.64. The van der Waals surface area contributed by atoms with Gasteiger partial charge in [-0.15, -0.1) is 0 Å². The van der Waals surface area contributed by atoms with Crippen molar-refractivity contribution >= 4 is 5.82 Å². The van der Waals surface area contributed by atoms with Crippen molar-refractivity contribution in [3.63, 3.8) is 0 Å². The molecule has 1 aliphatic rings. The summed E-state index contributed by atoms with van der Waals surface area (Å²) in [5.74, 6) is 0.475. The fraction of sp³-hybridized carbons (Fsp3) is 0.286. The van der Waals surface area contributed by atoms with Crippen LogP contribution >= 0.6 is 0 Å². The molecule has 110 valence electrons. The number of aliphatic hydroxyl groups excluding tert-OH is 1. The second kappa shape index (κ2) is 5.10. The lowest BCUT2D eigenvalue weighted by molar-refractivity contribution is 0.198. The van der Waals surface area contributed by atoms with Crippen LogP contribution in [0.15, 0.2) is 40.1 Å². The Kier molecular flexibility index (Phi) is 3.26. The second-order valence-electron chi connectivity index (χ2n) is 5.04. The fourth-order valence-corrected chi connectivity index (χ4v) is 2.46. The molecule has 0 aliphatic carbocycles. The Morgan fingerprint density at radius 3 is 2.67 bits per heavy atom. The molecule has 1 atom stereocenters. The van der Waals surface area contributed by atoms with E-state index in [-0.39, 0.29) is 17.5 Å². The maximum absolute atomic E-state index is 12.1. The lowest BCUT2D eigenvalue weighted by Crippen LogP contribution is -2.28. The number of nitrogens with one attached hydrogen (secondary N) is 1. The van der Waals surface area contributed by atoms with Crippen LogP contribution in [-0.4, -0.2) is 39.0 Å². The molecule has 2 aromatic rings. The summed E-state index contributed by atoms with van der Waals surface area (Å²) in [5, 5.41) is 18.8. The van der Waals surface area contributed by atoms with Crippen molar-refractivity contribution in [3.8, 4) is 11.4 Å². The number of β-amino-alcohol motifs (C(OH)–C–C–N with tert-alkyl or cyclic N) is 1. The van der Waals surface area contributed by atoms with Crippen molar-refractivity contribution in [1.29, 1.82) is 0 Å². The van der Waals surface area contributed by atoms with E-state index in [1.54, 1.807) is 12.1 Å². The zero-order chi connectivity index (χ0) is 15.0. The van der Waals surface area contributed by atoms with E-state index < -0.39 is 11.1 Å². The minimum atomic E-state index is -0.482. The molecule has 1 saturated heterocycles. The summed E-state index contributed by atoms with van der Waals surface area (Å²) >= 11 is 0. The Balaban J connectivity index is 1.98. The molecule has 7 heteroatoms. The van der Waals surface area contributed by atoms with E-state index in [2.05, 4.69) is 4.98 Å². The summed E-state index contributed by atoms with van der Waals surface area (Å²) < 4.78 is 1.17. The van der Waals surface area contributed by atoms with E-state index in [0.29, 0.717) is 25.3 Å². The third kappa shape index (κ3) is 2.55. The number of aliphatic hydroxyl groups is 1. The molecule has 3 N–H and O–H groups in total. The first-order chi connectivity index (χ1) is 10.0. The summed E-state index contributed by atoms with van der Waals surface area (Å²) in [6.45, 7) is 1.16. The summed E-state index contributed by atoms with van der Waals surface area (Å²) in [7, 11) is 0. The minimum absolute atomic E-state index is 0.143. The Bertz CT molecular complexity index is 780. The topological polar surface area (TPSA) is 98.6 Å². The van der Waals surface area contributed by atoms with Gasteiger partial charge in [-0.2, -0.15) is 0 Å². The smallest absolute Gasteiger partial charge is 0.273 e. The third-order valence-electron chi connectivity index (χ3n) is 3.54. The summed E-state index contributed by atoms with van der Waals surface area (Å²) in [5.41, 5.74) is -0.699. The number of hydrogen-bond acceptors (Lipinski definition) is 5. The van der Waals surface area contributed by atoms with Crippen LogP contribution in [0.25, 0.3) is 5.69 Å². The van der Waals surface area contributed by atoms with Gasteiger partial charge in [0.15, 0.2) is 0 Å². The normalized spacial score (nSPS) is 18.1. The number of H-pyrrole nitrogens is 1. The van der Waals surface area contributed by atoms with Gasteiger partial charge < -0.3 is 20.1 Å². The first-order valence-corrected chi connectivity index (χ1v) is 6.63. The van der Waals surface area contributed by atoms with Gasteiger partial charge in [0.1, 0.15) is 17.3 Å². The number of pyridine rings is 2. The zero-order valence-electron chi connectivity index (χ0n) is 11.2. The largest absolute Gasteiger partial charge is 0.508 e. The van der Waals surface area contributed by atoms with Crippen LogP contribution in [0.2, 0.25) is 0 Å². The highest BCUT2D eigenvalue weighted by Gasteiger charge is 2.21. The maximum atomic E-state index is 12.1. The molecule has 0 bridgehead atoms. The van der Waals surface area contributed by atoms with Crippen molar-refractivity contribution in [3.05, 3.63) is 51.2 Å². The Labute approximate surface area is 119 Å². The quantitative estimate of drug-likeness (QED) is 0.711. The molecule has 0 amide bonds. The highest BCUT2D eigenvalue weighted by molar-refractivity contribution is 5.44. The van der Waals surface area contributed by atoms with Crippen molar-refractivity contribution in [1.82, 2.24) is 9.55 Å². The molecule has 3 rings (SSSR count). The minimum Gasteiger partial charge on any atom is -0.508 e. The van der Waals surface area contributed by atoms with Gasteiger partial charge in [0, 0.05) is 25.4 Å². The lowest BCUT2D eigenvalue weighted by Gasteiger charge is -2.17. The van der Waals surface area contributed by atoms with Gasteiger partial charge in [-0.05, 0) is 24.6 Å². The van der Waals surface area contributed by atoms with Gasteiger partial charge in [-0.1, -0.05) is 0 Å². The Morgan fingerprint density at radius 2 is 2.05 bits per heavy atom. The lowest BCUT2D eigenvalue weighted by atomic mass is 10.3. The number of nitrogens with zero attached hydrogens (tertiary/aromatic N) is 2. The van der Waals surface area contributed by atoms with E-state index in [1.165, 1.54) is 16.8 Å². The van der Waals surface area contributed by atoms with E-state index >= 15 is 0 Å². The van der Waals surface area contributed by atoms with Crippen LogP contribution in [0.1, 0.15) is 6.42 Å². The van der Waals surface area contributed by atoms with E-state index in [0.717, 1.165) is 6.07 Å². The molecule has 3 heterocycles. The van der Waals surface area contributed by atoms with Gasteiger partial charge in [-0.25, -0.2) is 0 Å². The Morgan fingerprint density at radius 1 is 1.24 bits per heavy atom. The van der Waals surface area contributed by atoms with Gasteiger partial charge in [0.25, 0.3) is 11.1 Å². The fourth-order valence-electron chi connectivity index (χ4n) is 2.46. The van der Waals surface area contributed by atoms with Crippen LogP contribution in [0.4, 0.5) is 5.82 Å². The number of anilines is 1. The summed E-state index contributed by atoms with van der Waals surface area (Å²) in [4.78, 5) is 28.5. The van der Waals surface area contributed by atoms with Crippen molar-refractivity contribution in [2.75, 3.05) is 18.0 Å². The first-order valence-electron chi connectivity index (χ1n) is 6.63. The molecule has 0 aromatic carbocycles. The SMILES string of the molecule is O=c1[nH]c(N2CC[C@@H](O)C2)ccc1-n1ccc(O)cc1=O. The maximum Gasteiger partial charge on any atom is 0.273 e. The van der Waals surface area contributed by atoms with Gasteiger partial charge in [0.2, 0.25) is 0 Å². The second-order valence-corrected chi connectivity index (χ2v) is 5.04. The van der Waals surface area contributed by atoms with Crippen molar-refractivity contribution in [2.45, 2.75) is 12.5 Å². The number of aromatic nitrogens is 2. The highest BCUT2D eigenvalue weighted by atomic mass is 16.3. The molecule has 7 nitrogen and oxygen atoms in total. The van der Waals surface area contributed by atoms with E-state index in [4.69, 9.17) is 0 Å².